The van der Waals surface area contributed by atoms with Crippen molar-refractivity contribution in [3.8, 4) is 5.69 Å². The highest BCUT2D eigenvalue weighted by Crippen LogP contribution is 2.32. The molecule has 1 atom stereocenters. The van der Waals surface area contributed by atoms with Crippen molar-refractivity contribution in [1.82, 2.24) is 15.2 Å². The van der Waals surface area contributed by atoms with E-state index >= 15 is 0 Å². The molecule has 0 aliphatic heterocycles. The van der Waals surface area contributed by atoms with Gasteiger partial charge in [0.05, 0.1) is 11.4 Å². The van der Waals surface area contributed by atoms with Gasteiger partial charge >= 0.3 is 6.18 Å². The van der Waals surface area contributed by atoms with Gasteiger partial charge in [-0.2, -0.15) is 18.3 Å². The quantitative estimate of drug-likeness (QED) is 0.651. The molecule has 1 heterocycles. The summed E-state index contributed by atoms with van der Waals surface area (Å²) in [5, 5.41) is 3.89. The molecule has 1 aromatic carbocycles. The van der Waals surface area contributed by atoms with Gasteiger partial charge < -0.3 is 0 Å². The Hall–Kier alpha value is -1.86. The molecule has 0 amide bonds. The van der Waals surface area contributed by atoms with Crippen LogP contribution in [-0.2, 0) is 0 Å². The van der Waals surface area contributed by atoms with Crippen molar-refractivity contribution in [1.29, 1.82) is 0 Å². The molecule has 96 valence electrons. The second-order valence-electron chi connectivity index (χ2n) is 3.64. The lowest BCUT2D eigenvalue weighted by Crippen LogP contribution is -2.39. The van der Waals surface area contributed by atoms with Crippen LogP contribution in [0.2, 0.25) is 0 Å². The highest BCUT2D eigenvalue weighted by atomic mass is 19.4. The molecule has 0 fully saturated rings. The van der Waals surface area contributed by atoms with Crippen LogP contribution in [0, 0.1) is 0 Å². The Morgan fingerprint density at radius 3 is 2.39 bits per heavy atom. The van der Waals surface area contributed by atoms with Crippen LogP contribution in [0.5, 0.6) is 0 Å². The molecule has 1 unspecified atom stereocenters. The lowest BCUT2D eigenvalue weighted by Gasteiger charge is -2.20. The number of alkyl halides is 3. The van der Waals surface area contributed by atoms with Crippen LogP contribution in [-0.4, -0.2) is 16.0 Å². The predicted molar refractivity (Wildman–Crippen MR) is 59.7 cm³/mol. The number of nitrogens with two attached hydrogens (primary N) is 1. The predicted octanol–water partition coefficient (Wildman–Crippen LogP) is 1.94. The van der Waals surface area contributed by atoms with E-state index in [1.165, 1.54) is 16.9 Å². The monoisotopic (exact) mass is 256 g/mol. The van der Waals surface area contributed by atoms with Gasteiger partial charge in [-0.1, -0.05) is 18.2 Å². The van der Waals surface area contributed by atoms with Crippen molar-refractivity contribution in [3.63, 3.8) is 0 Å². The summed E-state index contributed by atoms with van der Waals surface area (Å²) in [5.74, 6) is 4.99. The number of aromatic nitrogens is 2. The van der Waals surface area contributed by atoms with Gasteiger partial charge in [0, 0.05) is 6.20 Å². The van der Waals surface area contributed by atoms with E-state index in [2.05, 4.69) is 5.10 Å². The second kappa shape index (κ2) is 4.79. The van der Waals surface area contributed by atoms with Gasteiger partial charge in [0.1, 0.15) is 0 Å². The minimum atomic E-state index is -4.48. The molecule has 1 aromatic heterocycles. The number of halogens is 3. The molecule has 2 rings (SSSR count). The molecule has 0 aliphatic rings. The van der Waals surface area contributed by atoms with Crippen LogP contribution >= 0.6 is 0 Å². The van der Waals surface area contributed by atoms with E-state index in [0.29, 0.717) is 5.69 Å². The molecule has 0 aliphatic carbocycles. The molecule has 3 N–H and O–H groups in total. The van der Waals surface area contributed by atoms with Crippen molar-refractivity contribution in [3.05, 3.63) is 48.3 Å². The largest absolute Gasteiger partial charge is 0.410 e. The van der Waals surface area contributed by atoms with Gasteiger partial charge in [0.25, 0.3) is 0 Å². The third-order valence-corrected chi connectivity index (χ3v) is 2.46. The Balaban J connectivity index is 2.45. The van der Waals surface area contributed by atoms with Gasteiger partial charge in [-0.25, -0.2) is 10.1 Å². The van der Waals surface area contributed by atoms with Crippen LogP contribution in [0.1, 0.15) is 11.7 Å². The van der Waals surface area contributed by atoms with Crippen LogP contribution in [0.25, 0.3) is 5.69 Å². The van der Waals surface area contributed by atoms with E-state index in [1.807, 2.05) is 0 Å². The standard InChI is InChI=1S/C11H11F3N4/c12-11(13,14)10(17-15)9-6-7-16-18(9)8-4-2-1-3-5-8/h1-7,10,17H,15H2. The molecular formula is C11H11F3N4. The molecule has 18 heavy (non-hydrogen) atoms. The van der Waals surface area contributed by atoms with E-state index in [9.17, 15) is 13.2 Å². The summed E-state index contributed by atoms with van der Waals surface area (Å²) in [5.41, 5.74) is 2.25. The smallest absolute Gasteiger partial charge is 0.271 e. The SMILES string of the molecule is NNC(c1ccnn1-c1ccccc1)C(F)(F)F. The Kier molecular flexibility index (Phi) is 3.35. The van der Waals surface area contributed by atoms with Gasteiger partial charge in [-0.3, -0.25) is 5.84 Å². The van der Waals surface area contributed by atoms with E-state index < -0.39 is 12.2 Å². The zero-order valence-corrected chi connectivity index (χ0v) is 9.22. The van der Waals surface area contributed by atoms with E-state index in [4.69, 9.17) is 5.84 Å². The van der Waals surface area contributed by atoms with Gasteiger partial charge in [-0.15, -0.1) is 0 Å². The maximum atomic E-state index is 12.8. The fourth-order valence-corrected chi connectivity index (χ4v) is 1.66. The maximum Gasteiger partial charge on any atom is 0.410 e. The summed E-state index contributed by atoms with van der Waals surface area (Å²) in [6.07, 6.45) is -3.18. The van der Waals surface area contributed by atoms with Crippen LogP contribution in [0.15, 0.2) is 42.6 Å². The Labute approximate surface area is 101 Å². The average molecular weight is 256 g/mol. The number of rotatable bonds is 3. The Morgan fingerprint density at radius 2 is 1.83 bits per heavy atom. The van der Waals surface area contributed by atoms with Crippen LogP contribution in [0.3, 0.4) is 0 Å². The normalized spacial score (nSPS) is 13.6. The molecule has 4 nitrogen and oxygen atoms in total. The van der Waals surface area contributed by atoms with Crippen LogP contribution in [0.4, 0.5) is 13.2 Å². The second-order valence-corrected chi connectivity index (χ2v) is 3.64. The number of benzene rings is 1. The third kappa shape index (κ3) is 2.36. The zero-order valence-electron chi connectivity index (χ0n) is 9.22. The molecule has 2 aromatic rings. The number of hydrogen-bond acceptors (Lipinski definition) is 3. The number of para-hydroxylation sites is 1. The van der Waals surface area contributed by atoms with E-state index in [-0.39, 0.29) is 5.69 Å². The van der Waals surface area contributed by atoms with Crippen molar-refractivity contribution in [2.24, 2.45) is 5.84 Å². The van der Waals surface area contributed by atoms with Gasteiger partial charge in [0.2, 0.25) is 0 Å². The lowest BCUT2D eigenvalue weighted by molar-refractivity contribution is -0.159. The molecule has 0 radical (unpaired) electrons. The Morgan fingerprint density at radius 1 is 1.17 bits per heavy atom. The number of hydrazine groups is 1. The molecule has 0 bridgehead atoms. The lowest BCUT2D eigenvalue weighted by atomic mass is 10.2. The minimum absolute atomic E-state index is 0.0591. The highest BCUT2D eigenvalue weighted by molar-refractivity contribution is 5.33. The summed E-state index contributed by atoms with van der Waals surface area (Å²) in [6.45, 7) is 0. The Bertz CT molecular complexity index is 507. The summed E-state index contributed by atoms with van der Waals surface area (Å²) in [6, 6.07) is 7.87. The topological polar surface area (TPSA) is 55.9 Å². The molecule has 0 saturated carbocycles. The number of nitrogens with one attached hydrogen (secondary N) is 1. The molecule has 7 heteroatoms. The minimum Gasteiger partial charge on any atom is -0.271 e. The zero-order chi connectivity index (χ0) is 13.2. The van der Waals surface area contributed by atoms with Crippen molar-refractivity contribution < 1.29 is 13.2 Å². The summed E-state index contributed by atoms with van der Waals surface area (Å²) < 4.78 is 39.6. The summed E-state index contributed by atoms with van der Waals surface area (Å²) in [4.78, 5) is 0. The van der Waals surface area contributed by atoms with Crippen molar-refractivity contribution >= 4 is 0 Å². The first kappa shape index (κ1) is 12.6. The van der Waals surface area contributed by atoms with Gasteiger partial charge in [-0.05, 0) is 18.2 Å². The van der Waals surface area contributed by atoms with Crippen molar-refractivity contribution in [2.75, 3.05) is 0 Å². The fraction of sp³-hybridized carbons (Fsp3) is 0.182. The first-order valence-corrected chi connectivity index (χ1v) is 5.16. The van der Waals surface area contributed by atoms with E-state index in [0.717, 1.165) is 0 Å². The average Bonchev–Trinajstić information content (AvgIpc) is 2.78. The summed E-state index contributed by atoms with van der Waals surface area (Å²) in [7, 11) is 0. The molecule has 0 saturated heterocycles. The molecular weight excluding hydrogens is 245 g/mol. The first-order valence-electron chi connectivity index (χ1n) is 5.16. The highest BCUT2D eigenvalue weighted by Gasteiger charge is 2.42. The number of hydrogen-bond donors (Lipinski definition) is 2. The third-order valence-electron chi connectivity index (χ3n) is 2.46. The molecule has 0 spiro atoms. The summed E-state index contributed by atoms with van der Waals surface area (Å²) >= 11 is 0. The first-order chi connectivity index (χ1) is 8.54. The fourth-order valence-electron chi connectivity index (χ4n) is 1.66. The van der Waals surface area contributed by atoms with Crippen LogP contribution < -0.4 is 11.3 Å². The maximum absolute atomic E-state index is 12.8. The van der Waals surface area contributed by atoms with Gasteiger partial charge in [0.15, 0.2) is 6.04 Å². The van der Waals surface area contributed by atoms with Crippen molar-refractivity contribution in [2.45, 2.75) is 12.2 Å². The van der Waals surface area contributed by atoms with E-state index in [1.54, 1.807) is 35.8 Å². The number of nitrogens with zero attached hydrogens (tertiary/aromatic N) is 2.